The summed E-state index contributed by atoms with van der Waals surface area (Å²) in [7, 11) is 0. The third kappa shape index (κ3) is 5.97. The second-order valence-electron chi connectivity index (χ2n) is 6.50. The van der Waals surface area contributed by atoms with Crippen LogP contribution in [0.4, 0.5) is 18.9 Å². The van der Waals surface area contributed by atoms with Gasteiger partial charge in [-0.1, -0.05) is 29.8 Å². The monoisotopic (exact) mass is 390 g/mol. The van der Waals surface area contributed by atoms with Crippen molar-refractivity contribution >= 4 is 23.6 Å². The number of carbonyl (C=O) groups excluding carboxylic acids is 2. The Kier molecular flexibility index (Phi) is 6.62. The summed E-state index contributed by atoms with van der Waals surface area (Å²) in [4.78, 5) is 23.9. The normalized spacial score (nSPS) is 11.5. The highest BCUT2D eigenvalue weighted by Gasteiger charge is 2.30. The largest absolute Gasteiger partial charge is 0.416 e. The van der Waals surface area contributed by atoms with E-state index in [9.17, 15) is 22.8 Å². The van der Waals surface area contributed by atoms with Crippen LogP contribution in [0.3, 0.4) is 0 Å². The van der Waals surface area contributed by atoms with Crippen LogP contribution in [-0.4, -0.2) is 18.4 Å². The van der Waals surface area contributed by atoms with Gasteiger partial charge in [-0.2, -0.15) is 13.2 Å². The Morgan fingerprint density at radius 1 is 1.04 bits per heavy atom. The molecule has 2 rings (SSSR count). The number of benzene rings is 2. The molecule has 0 saturated heterocycles. The highest BCUT2D eigenvalue weighted by Crippen LogP contribution is 2.29. The molecule has 0 radical (unpaired) electrons. The number of hydrogen-bond donors (Lipinski definition) is 2. The molecule has 0 aliphatic rings. The van der Waals surface area contributed by atoms with E-state index in [2.05, 4.69) is 10.6 Å². The van der Waals surface area contributed by atoms with Crippen molar-refractivity contribution in [1.82, 2.24) is 5.32 Å². The van der Waals surface area contributed by atoms with Crippen molar-refractivity contribution in [3.8, 4) is 0 Å². The minimum Gasteiger partial charge on any atom is -0.343 e. The van der Waals surface area contributed by atoms with Gasteiger partial charge in [0.05, 0.1) is 12.1 Å². The fourth-order valence-corrected chi connectivity index (χ4v) is 2.78. The molecule has 0 heterocycles. The molecule has 148 valence electrons. The van der Waals surface area contributed by atoms with Gasteiger partial charge < -0.3 is 10.6 Å². The maximum absolute atomic E-state index is 12.7. The zero-order valence-electron chi connectivity index (χ0n) is 15.8. The first-order chi connectivity index (χ1) is 13.1. The minimum atomic E-state index is -4.45. The summed E-state index contributed by atoms with van der Waals surface area (Å²) in [6, 6.07) is 8.50. The summed E-state index contributed by atoms with van der Waals surface area (Å²) < 4.78 is 38.1. The highest BCUT2D eigenvalue weighted by molar-refractivity contribution is 5.98. The maximum Gasteiger partial charge on any atom is 0.416 e. The van der Waals surface area contributed by atoms with Crippen molar-refractivity contribution in [2.24, 2.45) is 0 Å². The summed E-state index contributed by atoms with van der Waals surface area (Å²) in [6.07, 6.45) is -2.10. The van der Waals surface area contributed by atoms with E-state index in [4.69, 9.17) is 0 Å². The standard InChI is InChI=1S/C21H21F3N2O2/c1-13-9-14(2)20(15(3)10-13)26-19(28)12-25-18(27)8-7-16-5-4-6-17(11-16)21(22,23)24/h4-11H,12H2,1-3H3,(H,25,27)(H,26,28)/b8-7+. The van der Waals surface area contributed by atoms with Gasteiger partial charge in [-0.25, -0.2) is 0 Å². The number of alkyl halides is 3. The van der Waals surface area contributed by atoms with Crippen LogP contribution in [-0.2, 0) is 15.8 Å². The first-order valence-corrected chi connectivity index (χ1v) is 8.57. The quantitative estimate of drug-likeness (QED) is 0.744. The molecular weight excluding hydrogens is 369 g/mol. The molecule has 0 bridgehead atoms. The number of hydrogen-bond acceptors (Lipinski definition) is 2. The van der Waals surface area contributed by atoms with E-state index in [1.54, 1.807) is 0 Å². The zero-order valence-corrected chi connectivity index (χ0v) is 15.8. The lowest BCUT2D eigenvalue weighted by molar-refractivity contribution is -0.137. The molecule has 7 heteroatoms. The number of nitrogens with one attached hydrogen (secondary N) is 2. The lowest BCUT2D eigenvalue weighted by Gasteiger charge is -2.13. The SMILES string of the molecule is Cc1cc(C)c(NC(=O)CNC(=O)/C=C/c2cccc(C(F)(F)F)c2)c(C)c1. The summed E-state index contributed by atoms with van der Waals surface area (Å²) in [5, 5.41) is 5.16. The fraction of sp³-hybridized carbons (Fsp3) is 0.238. The van der Waals surface area contributed by atoms with Gasteiger partial charge in [0.15, 0.2) is 0 Å². The number of halogens is 3. The Labute approximate surface area is 161 Å². The number of carbonyl (C=O) groups is 2. The van der Waals surface area contributed by atoms with E-state index < -0.39 is 23.6 Å². The van der Waals surface area contributed by atoms with E-state index in [1.807, 2.05) is 32.9 Å². The lowest BCUT2D eigenvalue weighted by atomic mass is 10.1. The van der Waals surface area contributed by atoms with Crippen molar-refractivity contribution in [3.05, 3.63) is 70.3 Å². The molecule has 0 aliphatic carbocycles. The van der Waals surface area contributed by atoms with Crippen LogP contribution < -0.4 is 10.6 Å². The van der Waals surface area contributed by atoms with Gasteiger partial charge in [0.2, 0.25) is 11.8 Å². The number of anilines is 1. The van der Waals surface area contributed by atoms with Gasteiger partial charge >= 0.3 is 6.18 Å². The molecule has 2 aromatic rings. The van der Waals surface area contributed by atoms with Crippen molar-refractivity contribution in [2.75, 3.05) is 11.9 Å². The molecule has 28 heavy (non-hydrogen) atoms. The van der Waals surface area contributed by atoms with Crippen LogP contribution in [0, 0.1) is 20.8 Å². The van der Waals surface area contributed by atoms with Crippen LogP contribution in [0.15, 0.2) is 42.5 Å². The minimum absolute atomic E-state index is 0.236. The van der Waals surface area contributed by atoms with E-state index >= 15 is 0 Å². The molecule has 2 aromatic carbocycles. The Morgan fingerprint density at radius 3 is 2.29 bits per heavy atom. The van der Waals surface area contributed by atoms with Crippen LogP contribution in [0.5, 0.6) is 0 Å². The van der Waals surface area contributed by atoms with Crippen LogP contribution in [0.2, 0.25) is 0 Å². The van der Waals surface area contributed by atoms with Crippen LogP contribution in [0.25, 0.3) is 6.08 Å². The summed E-state index contributed by atoms with van der Waals surface area (Å²) in [5.74, 6) is -0.971. The second kappa shape index (κ2) is 8.73. The molecule has 2 N–H and O–H groups in total. The van der Waals surface area contributed by atoms with Gasteiger partial charge in [0.1, 0.15) is 0 Å². The average molecular weight is 390 g/mol. The molecule has 4 nitrogen and oxygen atoms in total. The van der Waals surface area contributed by atoms with Gasteiger partial charge in [-0.3, -0.25) is 9.59 Å². The Hall–Kier alpha value is -3.09. The molecule has 0 fully saturated rings. The molecule has 0 aromatic heterocycles. The second-order valence-corrected chi connectivity index (χ2v) is 6.50. The molecule has 0 saturated carbocycles. The predicted octanol–water partition coefficient (Wildman–Crippen LogP) is 4.40. The van der Waals surface area contributed by atoms with Gasteiger partial charge in [-0.05, 0) is 55.7 Å². The molecule has 0 spiro atoms. The molecule has 0 aliphatic heterocycles. The Balaban J connectivity index is 1.92. The number of amides is 2. The van der Waals surface area contributed by atoms with Crippen molar-refractivity contribution in [1.29, 1.82) is 0 Å². The maximum atomic E-state index is 12.7. The average Bonchev–Trinajstić information content (AvgIpc) is 2.60. The molecule has 0 unspecified atom stereocenters. The van der Waals surface area contributed by atoms with Crippen molar-refractivity contribution in [3.63, 3.8) is 0 Å². The predicted molar refractivity (Wildman–Crippen MR) is 103 cm³/mol. The van der Waals surface area contributed by atoms with Gasteiger partial charge in [-0.15, -0.1) is 0 Å². The highest BCUT2D eigenvalue weighted by atomic mass is 19.4. The fourth-order valence-electron chi connectivity index (χ4n) is 2.78. The van der Waals surface area contributed by atoms with Crippen molar-refractivity contribution < 1.29 is 22.8 Å². The van der Waals surface area contributed by atoms with E-state index in [0.717, 1.165) is 34.9 Å². The zero-order chi connectivity index (χ0) is 20.9. The Morgan fingerprint density at radius 2 is 1.68 bits per heavy atom. The van der Waals surface area contributed by atoms with Gasteiger partial charge in [0, 0.05) is 11.8 Å². The van der Waals surface area contributed by atoms with E-state index in [-0.39, 0.29) is 12.1 Å². The smallest absolute Gasteiger partial charge is 0.343 e. The first-order valence-electron chi connectivity index (χ1n) is 8.57. The third-order valence-electron chi connectivity index (χ3n) is 4.01. The van der Waals surface area contributed by atoms with Crippen LogP contribution in [0.1, 0.15) is 27.8 Å². The number of aryl methyl sites for hydroxylation is 3. The first kappa shape index (κ1) is 21.2. The van der Waals surface area contributed by atoms with Gasteiger partial charge in [0.25, 0.3) is 0 Å². The summed E-state index contributed by atoms with van der Waals surface area (Å²) >= 11 is 0. The summed E-state index contributed by atoms with van der Waals surface area (Å²) in [5.41, 5.74) is 3.06. The van der Waals surface area contributed by atoms with Crippen LogP contribution >= 0.6 is 0 Å². The van der Waals surface area contributed by atoms with E-state index in [0.29, 0.717) is 5.69 Å². The molecule has 0 atom stereocenters. The lowest BCUT2D eigenvalue weighted by Crippen LogP contribution is -2.32. The third-order valence-corrected chi connectivity index (χ3v) is 4.01. The topological polar surface area (TPSA) is 58.2 Å². The molecule has 2 amide bonds. The van der Waals surface area contributed by atoms with Crippen molar-refractivity contribution in [2.45, 2.75) is 26.9 Å². The number of rotatable bonds is 5. The summed E-state index contributed by atoms with van der Waals surface area (Å²) in [6.45, 7) is 5.47. The molecular formula is C21H21F3N2O2. The van der Waals surface area contributed by atoms with E-state index in [1.165, 1.54) is 18.2 Å². The Bertz CT molecular complexity index is 895.